The maximum absolute atomic E-state index is 12.8. The third-order valence-electron chi connectivity index (χ3n) is 4.26. The van der Waals surface area contributed by atoms with Crippen LogP contribution in [0.1, 0.15) is 32.6 Å². The first kappa shape index (κ1) is 21.3. The zero-order valence-corrected chi connectivity index (χ0v) is 18.0. The number of nitrogens with one attached hydrogen (secondary N) is 1. The van der Waals surface area contributed by atoms with Crippen molar-refractivity contribution in [3.8, 4) is 22.1 Å². The molecule has 0 spiro atoms. The van der Waals surface area contributed by atoms with E-state index in [1.165, 1.54) is 11.3 Å². The maximum Gasteiger partial charge on any atom is 0.338 e. The second-order valence-electron chi connectivity index (χ2n) is 6.26. The largest absolute Gasteiger partial charge is 0.493 e. The second-order valence-corrected chi connectivity index (χ2v) is 7.26. The average Bonchev–Trinajstić information content (AvgIpc) is 3.15. The highest BCUT2D eigenvalue weighted by Gasteiger charge is 2.18. The van der Waals surface area contributed by atoms with Crippen LogP contribution in [-0.4, -0.2) is 37.7 Å². The van der Waals surface area contributed by atoms with Gasteiger partial charge in [0.25, 0.3) is 5.91 Å². The number of hydrogen-bond acceptors (Lipinski definition) is 7. The van der Waals surface area contributed by atoms with Crippen molar-refractivity contribution < 1.29 is 23.8 Å². The zero-order chi connectivity index (χ0) is 21.7. The Labute approximate surface area is 178 Å². The zero-order valence-electron chi connectivity index (χ0n) is 17.1. The van der Waals surface area contributed by atoms with Gasteiger partial charge in [-0.2, -0.15) is 0 Å². The molecule has 1 N–H and O–H groups in total. The fourth-order valence-electron chi connectivity index (χ4n) is 2.83. The topological polar surface area (TPSA) is 86.8 Å². The van der Waals surface area contributed by atoms with Gasteiger partial charge in [-0.3, -0.25) is 4.79 Å². The Kier molecular flexibility index (Phi) is 6.68. The van der Waals surface area contributed by atoms with Crippen molar-refractivity contribution >= 4 is 28.9 Å². The van der Waals surface area contributed by atoms with Crippen molar-refractivity contribution in [2.24, 2.45) is 0 Å². The summed E-state index contributed by atoms with van der Waals surface area (Å²) in [4.78, 5) is 29.7. The van der Waals surface area contributed by atoms with Gasteiger partial charge < -0.3 is 19.5 Å². The van der Waals surface area contributed by atoms with Crippen LogP contribution in [-0.2, 0) is 4.74 Å². The molecular formula is C22H22N2O5S. The molecule has 3 aromatic rings. The van der Waals surface area contributed by atoms with Gasteiger partial charge in [-0.05, 0) is 50.2 Å². The number of nitrogens with zero attached hydrogens (tertiary/aromatic N) is 1. The van der Waals surface area contributed by atoms with Crippen LogP contribution in [0.2, 0.25) is 0 Å². The smallest absolute Gasteiger partial charge is 0.338 e. The molecule has 0 radical (unpaired) electrons. The normalized spacial score (nSPS) is 10.4. The molecule has 0 aliphatic rings. The number of carbonyl (C=O) groups excluding carboxylic acids is 2. The number of aryl methyl sites for hydroxylation is 1. The number of ether oxygens (including phenoxy) is 3. The van der Waals surface area contributed by atoms with Crippen molar-refractivity contribution in [2.75, 3.05) is 26.1 Å². The molecule has 8 heteroatoms. The van der Waals surface area contributed by atoms with E-state index in [0.717, 1.165) is 5.56 Å². The number of benzene rings is 2. The Morgan fingerprint density at radius 2 is 1.83 bits per heavy atom. The fraction of sp³-hybridized carbons (Fsp3) is 0.227. The lowest BCUT2D eigenvalue weighted by Crippen LogP contribution is -2.12. The van der Waals surface area contributed by atoms with E-state index in [0.29, 0.717) is 38.3 Å². The van der Waals surface area contributed by atoms with Gasteiger partial charge in [-0.25, -0.2) is 9.78 Å². The molecule has 0 saturated heterocycles. The highest BCUT2D eigenvalue weighted by Crippen LogP contribution is 2.35. The molecule has 3 rings (SSSR count). The van der Waals surface area contributed by atoms with E-state index in [1.807, 2.05) is 12.1 Å². The molecule has 0 bridgehead atoms. The Morgan fingerprint density at radius 3 is 2.53 bits per heavy atom. The number of methoxy groups -OCH3 is 2. The van der Waals surface area contributed by atoms with Crippen LogP contribution in [0.3, 0.4) is 0 Å². The van der Waals surface area contributed by atoms with Gasteiger partial charge in [0.2, 0.25) is 0 Å². The first-order chi connectivity index (χ1) is 14.5. The summed E-state index contributed by atoms with van der Waals surface area (Å²) in [7, 11) is 3.14. The molecule has 1 heterocycles. The minimum atomic E-state index is -0.432. The predicted octanol–water partition coefficient (Wildman–Crippen LogP) is 4.56. The molecule has 1 aromatic heterocycles. The third-order valence-corrected chi connectivity index (χ3v) is 5.47. The van der Waals surface area contributed by atoms with Crippen molar-refractivity contribution in [2.45, 2.75) is 13.8 Å². The van der Waals surface area contributed by atoms with E-state index in [9.17, 15) is 9.59 Å². The third kappa shape index (κ3) is 4.60. The number of hydrogen-bond donors (Lipinski definition) is 1. The second kappa shape index (κ2) is 9.41. The van der Waals surface area contributed by atoms with Gasteiger partial charge in [-0.1, -0.05) is 6.07 Å². The molecular weight excluding hydrogens is 404 g/mol. The lowest BCUT2D eigenvalue weighted by molar-refractivity contribution is 0.0526. The standard InChI is InChI=1S/C22H22N2O5S/c1-5-29-22(26)15-7-6-8-16(11-15)24-20(25)19-13(2)23-21(30-19)14-9-10-17(27-3)18(12-14)28-4/h6-12H,5H2,1-4H3,(H,24,25). The Bertz CT molecular complexity index is 1080. The first-order valence-corrected chi connectivity index (χ1v) is 10.1. The molecule has 30 heavy (non-hydrogen) atoms. The summed E-state index contributed by atoms with van der Waals surface area (Å²) in [6, 6.07) is 12.1. The van der Waals surface area contributed by atoms with Gasteiger partial charge in [0.15, 0.2) is 11.5 Å². The van der Waals surface area contributed by atoms with Crippen LogP contribution in [0.15, 0.2) is 42.5 Å². The van der Waals surface area contributed by atoms with Crippen LogP contribution < -0.4 is 14.8 Å². The predicted molar refractivity (Wildman–Crippen MR) is 116 cm³/mol. The van der Waals surface area contributed by atoms with Crippen molar-refractivity contribution in [3.05, 3.63) is 58.6 Å². The Morgan fingerprint density at radius 1 is 1.07 bits per heavy atom. The molecule has 2 aromatic carbocycles. The van der Waals surface area contributed by atoms with Crippen molar-refractivity contribution in [1.29, 1.82) is 0 Å². The van der Waals surface area contributed by atoms with Crippen LogP contribution in [0, 0.1) is 6.92 Å². The van der Waals surface area contributed by atoms with Crippen molar-refractivity contribution in [3.63, 3.8) is 0 Å². The van der Waals surface area contributed by atoms with Gasteiger partial charge in [-0.15, -0.1) is 11.3 Å². The van der Waals surface area contributed by atoms with Crippen molar-refractivity contribution in [1.82, 2.24) is 4.98 Å². The SMILES string of the molecule is CCOC(=O)c1cccc(NC(=O)c2sc(-c3ccc(OC)c(OC)c3)nc2C)c1. The average molecular weight is 426 g/mol. The fourth-order valence-corrected chi connectivity index (χ4v) is 3.78. The molecule has 0 atom stereocenters. The van der Waals surface area contributed by atoms with E-state index in [1.54, 1.807) is 58.4 Å². The van der Waals surface area contributed by atoms with Crippen LogP contribution in [0.5, 0.6) is 11.5 Å². The summed E-state index contributed by atoms with van der Waals surface area (Å²) in [6.45, 7) is 3.81. The number of amides is 1. The first-order valence-electron chi connectivity index (χ1n) is 9.25. The van der Waals surface area contributed by atoms with E-state index in [2.05, 4.69) is 10.3 Å². The summed E-state index contributed by atoms with van der Waals surface area (Å²) in [5, 5.41) is 3.51. The van der Waals surface area contributed by atoms with Gasteiger partial charge in [0, 0.05) is 11.3 Å². The van der Waals surface area contributed by atoms with Gasteiger partial charge in [0.05, 0.1) is 32.1 Å². The number of rotatable bonds is 7. The van der Waals surface area contributed by atoms with Gasteiger partial charge >= 0.3 is 5.97 Å². The van der Waals surface area contributed by atoms with Crippen LogP contribution >= 0.6 is 11.3 Å². The molecule has 1 amide bonds. The number of aromatic nitrogens is 1. The van der Waals surface area contributed by atoms with E-state index in [-0.39, 0.29) is 12.5 Å². The minimum absolute atomic E-state index is 0.286. The van der Waals surface area contributed by atoms with E-state index < -0.39 is 5.97 Å². The molecule has 0 saturated carbocycles. The Balaban J connectivity index is 1.83. The highest BCUT2D eigenvalue weighted by molar-refractivity contribution is 7.17. The monoisotopic (exact) mass is 426 g/mol. The summed E-state index contributed by atoms with van der Waals surface area (Å²) in [5.74, 6) is 0.481. The summed E-state index contributed by atoms with van der Waals surface area (Å²) in [6.07, 6.45) is 0. The molecule has 156 valence electrons. The van der Waals surface area contributed by atoms with E-state index >= 15 is 0 Å². The molecule has 0 fully saturated rings. The number of esters is 1. The number of thiazole rings is 1. The quantitative estimate of drug-likeness (QED) is 0.557. The molecule has 0 aliphatic heterocycles. The lowest BCUT2D eigenvalue weighted by atomic mass is 10.2. The summed E-state index contributed by atoms with van der Waals surface area (Å²) >= 11 is 1.28. The Hall–Kier alpha value is -3.39. The molecule has 0 aliphatic carbocycles. The maximum atomic E-state index is 12.8. The number of anilines is 1. The van der Waals surface area contributed by atoms with Crippen LogP contribution in [0.25, 0.3) is 10.6 Å². The van der Waals surface area contributed by atoms with Gasteiger partial charge in [0.1, 0.15) is 9.88 Å². The molecule has 0 unspecified atom stereocenters. The van der Waals surface area contributed by atoms with Crippen LogP contribution in [0.4, 0.5) is 5.69 Å². The highest BCUT2D eigenvalue weighted by atomic mass is 32.1. The summed E-state index contributed by atoms with van der Waals surface area (Å²) in [5.41, 5.74) is 2.32. The summed E-state index contributed by atoms with van der Waals surface area (Å²) < 4.78 is 15.6. The van der Waals surface area contributed by atoms with E-state index in [4.69, 9.17) is 14.2 Å². The number of carbonyl (C=O) groups is 2. The molecule has 7 nitrogen and oxygen atoms in total. The lowest BCUT2D eigenvalue weighted by Gasteiger charge is -2.08. The minimum Gasteiger partial charge on any atom is -0.493 e.